The van der Waals surface area contributed by atoms with E-state index in [9.17, 15) is 22.4 Å². The lowest BCUT2D eigenvalue weighted by molar-refractivity contribution is -0.174. The topological polar surface area (TPSA) is 41.6 Å². The molecule has 2 unspecified atom stereocenters. The number of hydrogen-bond donors (Lipinski definition) is 1. The van der Waals surface area contributed by atoms with E-state index in [4.69, 9.17) is 4.74 Å². The van der Waals surface area contributed by atoms with Gasteiger partial charge in [0.25, 0.3) is 0 Å². The van der Waals surface area contributed by atoms with Crippen LogP contribution in [-0.4, -0.2) is 24.7 Å². The number of alkyl halides is 3. The molecule has 1 saturated heterocycles. The highest BCUT2D eigenvalue weighted by atomic mass is 19.4. The molecule has 1 amide bonds. The van der Waals surface area contributed by atoms with Gasteiger partial charge in [-0.3, -0.25) is 4.79 Å². The molecule has 2 aliphatic heterocycles. The highest BCUT2D eigenvalue weighted by Gasteiger charge is 2.44. The Morgan fingerprint density at radius 1 is 1.15 bits per heavy atom. The Morgan fingerprint density at radius 3 is 2.70 bits per heavy atom. The second-order valence-corrected chi connectivity index (χ2v) is 6.61. The minimum atomic E-state index is -4.97. The Morgan fingerprint density at radius 2 is 1.93 bits per heavy atom. The molecule has 2 atom stereocenters. The zero-order chi connectivity index (χ0) is 19.2. The molecule has 0 saturated carbocycles. The highest BCUT2D eigenvalue weighted by Crippen LogP contribution is 2.47. The van der Waals surface area contributed by atoms with Crippen molar-refractivity contribution in [2.24, 2.45) is 0 Å². The fraction of sp³-hybridized carbons (Fsp3) is 0.316. The Labute approximate surface area is 152 Å². The molecule has 2 aromatic carbocycles. The van der Waals surface area contributed by atoms with Crippen LogP contribution < -0.4 is 15.0 Å². The minimum Gasteiger partial charge on any atom is -0.455 e. The van der Waals surface area contributed by atoms with Crippen molar-refractivity contribution in [3.63, 3.8) is 0 Å². The maximum Gasteiger partial charge on any atom is 0.471 e. The van der Waals surface area contributed by atoms with Gasteiger partial charge in [0.15, 0.2) is 5.75 Å². The van der Waals surface area contributed by atoms with Gasteiger partial charge in [0.2, 0.25) is 0 Å². The van der Waals surface area contributed by atoms with Crippen molar-refractivity contribution in [3.8, 4) is 11.5 Å². The number of fused-ring (bicyclic) bond motifs is 5. The van der Waals surface area contributed by atoms with E-state index in [-0.39, 0.29) is 0 Å². The van der Waals surface area contributed by atoms with Gasteiger partial charge in [-0.25, -0.2) is 4.39 Å². The number of carbonyl (C=O) groups is 1. The molecule has 0 spiro atoms. The second kappa shape index (κ2) is 6.44. The Bertz CT molecular complexity index is 884. The van der Waals surface area contributed by atoms with Gasteiger partial charge < -0.3 is 15.0 Å². The van der Waals surface area contributed by atoms with Crippen LogP contribution >= 0.6 is 0 Å². The van der Waals surface area contributed by atoms with Gasteiger partial charge in [-0.15, -0.1) is 0 Å². The van der Waals surface area contributed by atoms with Gasteiger partial charge in [0.1, 0.15) is 11.6 Å². The maximum absolute atomic E-state index is 13.9. The number of anilines is 1. The lowest BCUT2D eigenvalue weighted by Gasteiger charge is -2.42. The lowest BCUT2D eigenvalue weighted by Crippen LogP contribution is -2.52. The summed E-state index contributed by atoms with van der Waals surface area (Å²) in [5.74, 6) is -1.54. The normalized spacial score (nSPS) is 21.3. The number of piperidine rings is 1. The van der Waals surface area contributed by atoms with Crippen LogP contribution in [0, 0.1) is 5.82 Å². The Kier molecular flexibility index (Phi) is 4.20. The van der Waals surface area contributed by atoms with E-state index in [1.54, 1.807) is 24.3 Å². The predicted molar refractivity (Wildman–Crippen MR) is 90.2 cm³/mol. The fourth-order valence-electron chi connectivity index (χ4n) is 3.79. The van der Waals surface area contributed by atoms with Gasteiger partial charge in [0.05, 0.1) is 17.8 Å². The van der Waals surface area contributed by atoms with Crippen LogP contribution in [0.25, 0.3) is 0 Å². The fourth-order valence-corrected chi connectivity index (χ4v) is 3.79. The predicted octanol–water partition coefficient (Wildman–Crippen LogP) is 4.32. The number of nitrogens with one attached hydrogen (secondary N) is 1. The summed E-state index contributed by atoms with van der Waals surface area (Å²) in [6, 6.07) is 9.68. The number of rotatable bonds is 1. The van der Waals surface area contributed by atoms with Crippen molar-refractivity contribution >= 4 is 11.6 Å². The third kappa shape index (κ3) is 3.20. The monoisotopic (exact) mass is 380 g/mol. The molecule has 0 bridgehead atoms. The highest BCUT2D eigenvalue weighted by molar-refractivity contribution is 5.82. The molecule has 2 heterocycles. The van der Waals surface area contributed by atoms with Gasteiger partial charge in [0, 0.05) is 18.2 Å². The molecule has 0 aliphatic carbocycles. The maximum atomic E-state index is 13.9. The summed E-state index contributed by atoms with van der Waals surface area (Å²) < 4.78 is 58.2. The zero-order valence-electron chi connectivity index (χ0n) is 14.1. The number of halogens is 4. The van der Waals surface area contributed by atoms with Crippen LogP contribution in [0.15, 0.2) is 42.5 Å². The van der Waals surface area contributed by atoms with Crippen molar-refractivity contribution in [1.29, 1.82) is 0 Å². The van der Waals surface area contributed by atoms with Crippen molar-refractivity contribution in [1.82, 2.24) is 5.32 Å². The number of amides is 1. The van der Waals surface area contributed by atoms with Crippen LogP contribution in [0.2, 0.25) is 0 Å². The second-order valence-electron chi connectivity index (χ2n) is 6.61. The van der Waals surface area contributed by atoms with E-state index in [0.717, 1.165) is 0 Å². The summed E-state index contributed by atoms with van der Waals surface area (Å²) in [4.78, 5) is 13.4. The molecular weight excluding hydrogens is 364 g/mol. The van der Waals surface area contributed by atoms with E-state index < -0.39 is 30.0 Å². The minimum absolute atomic E-state index is 0.377. The lowest BCUT2D eigenvalue weighted by atomic mass is 9.89. The van der Waals surface area contributed by atoms with E-state index in [1.807, 2.05) is 4.90 Å². The van der Waals surface area contributed by atoms with Gasteiger partial charge in [-0.05, 0) is 31.0 Å². The van der Waals surface area contributed by atoms with Crippen LogP contribution in [-0.2, 0) is 4.79 Å². The molecule has 4 nitrogen and oxygen atoms in total. The Balaban J connectivity index is 1.81. The average molecular weight is 380 g/mol. The average Bonchev–Trinajstić information content (AvgIpc) is 2.76. The van der Waals surface area contributed by atoms with Crippen molar-refractivity contribution in [2.75, 3.05) is 11.4 Å². The molecule has 2 aromatic rings. The molecule has 142 valence electrons. The van der Waals surface area contributed by atoms with Crippen molar-refractivity contribution in [3.05, 3.63) is 53.8 Å². The molecule has 0 aromatic heterocycles. The van der Waals surface area contributed by atoms with Crippen LogP contribution in [0.1, 0.15) is 24.4 Å². The summed E-state index contributed by atoms with van der Waals surface area (Å²) in [5.41, 5.74) is 1.11. The summed E-state index contributed by atoms with van der Waals surface area (Å²) in [5, 5.41) is 2.12. The van der Waals surface area contributed by atoms with Gasteiger partial charge in [-0.1, -0.05) is 18.2 Å². The first-order valence-corrected chi connectivity index (χ1v) is 8.55. The number of nitrogens with zero attached hydrogens (tertiary/aromatic N) is 1. The molecule has 4 rings (SSSR count). The number of hydrogen-bond acceptors (Lipinski definition) is 3. The van der Waals surface area contributed by atoms with E-state index in [2.05, 4.69) is 5.32 Å². The first-order chi connectivity index (χ1) is 12.8. The summed E-state index contributed by atoms with van der Waals surface area (Å²) in [6.45, 7) is 0.511. The van der Waals surface area contributed by atoms with Gasteiger partial charge in [-0.2, -0.15) is 13.2 Å². The smallest absolute Gasteiger partial charge is 0.455 e. The quantitative estimate of drug-likeness (QED) is 0.750. The molecule has 1 fully saturated rings. The number of ether oxygens (including phenoxy) is 1. The number of para-hydroxylation sites is 1. The van der Waals surface area contributed by atoms with Crippen molar-refractivity contribution in [2.45, 2.75) is 31.1 Å². The summed E-state index contributed by atoms with van der Waals surface area (Å²) in [7, 11) is 0. The molecule has 0 radical (unpaired) electrons. The van der Waals surface area contributed by atoms with Crippen LogP contribution in [0.4, 0.5) is 23.2 Å². The third-order valence-corrected chi connectivity index (χ3v) is 4.89. The first-order valence-electron chi connectivity index (χ1n) is 8.55. The van der Waals surface area contributed by atoms with Crippen LogP contribution in [0.3, 0.4) is 0 Å². The molecule has 1 N–H and O–H groups in total. The molecule has 8 heteroatoms. The third-order valence-electron chi connectivity index (χ3n) is 4.89. The van der Waals surface area contributed by atoms with Crippen molar-refractivity contribution < 1.29 is 27.1 Å². The number of benzene rings is 2. The van der Waals surface area contributed by atoms with E-state index >= 15 is 0 Å². The Hall–Kier alpha value is -2.77. The SMILES string of the molecule is O=C(NC1CCCN2c3cc(F)ccc3Oc3ccccc3C12)C(F)(F)F. The standard InChI is InChI=1S/C19H16F4N2O2/c20-11-7-8-16-14(10-11)25-9-3-5-13(24-18(26)19(21,22)23)17(25)12-4-1-2-6-15(12)27-16/h1-2,4,6-8,10,13,17H,3,5,9H2,(H,24,26). The summed E-state index contributed by atoms with van der Waals surface area (Å²) >= 11 is 0. The molecule has 2 aliphatic rings. The van der Waals surface area contributed by atoms with E-state index in [0.29, 0.717) is 42.1 Å². The zero-order valence-corrected chi connectivity index (χ0v) is 14.1. The summed E-state index contributed by atoms with van der Waals surface area (Å²) in [6.07, 6.45) is -4.04. The molecular formula is C19H16F4N2O2. The first kappa shape index (κ1) is 17.6. The largest absolute Gasteiger partial charge is 0.471 e. The van der Waals surface area contributed by atoms with Crippen LogP contribution in [0.5, 0.6) is 11.5 Å². The molecule has 27 heavy (non-hydrogen) atoms. The number of carbonyl (C=O) groups excluding carboxylic acids is 1. The van der Waals surface area contributed by atoms with E-state index in [1.165, 1.54) is 18.2 Å². The van der Waals surface area contributed by atoms with Gasteiger partial charge >= 0.3 is 12.1 Å².